The summed E-state index contributed by atoms with van der Waals surface area (Å²) in [6, 6.07) is 9.29. The molecule has 1 fully saturated rings. The van der Waals surface area contributed by atoms with E-state index in [-0.39, 0.29) is 28.2 Å². The van der Waals surface area contributed by atoms with Gasteiger partial charge in [0.25, 0.3) is 0 Å². The molecule has 1 aromatic heterocycles. The highest BCUT2D eigenvalue weighted by Crippen LogP contribution is 2.45. The number of fused-ring (bicyclic) bond motifs is 1. The van der Waals surface area contributed by atoms with Gasteiger partial charge in [0.2, 0.25) is 0 Å². The van der Waals surface area contributed by atoms with Gasteiger partial charge >= 0.3 is 5.97 Å². The van der Waals surface area contributed by atoms with Crippen molar-refractivity contribution in [3.8, 4) is 45.8 Å². The molecule has 44 heavy (non-hydrogen) atoms. The number of hydrogen-bond donors (Lipinski definition) is 9. The quantitative estimate of drug-likeness (QED) is 0.0852. The Hall–Kier alpha value is -5.28. The third-order valence-electron chi connectivity index (χ3n) is 7.09. The van der Waals surface area contributed by atoms with Crippen LogP contribution in [0.1, 0.15) is 17.2 Å². The molecular formula is C30H26O14. The summed E-state index contributed by atoms with van der Waals surface area (Å²) >= 11 is 0. The molecule has 4 aromatic rings. The second kappa shape index (κ2) is 11.8. The molecule has 5 atom stereocenters. The highest BCUT2D eigenvalue weighted by atomic mass is 16.6. The average Bonchev–Trinajstić information content (AvgIpc) is 2.98. The maximum absolute atomic E-state index is 13.1. The maximum atomic E-state index is 13.1. The fraction of sp³-hybridized carbons (Fsp3) is 0.200. The molecule has 1 aliphatic heterocycles. The molecule has 0 saturated carbocycles. The van der Waals surface area contributed by atoms with E-state index in [1.165, 1.54) is 24.3 Å². The van der Waals surface area contributed by atoms with E-state index < -0.39 is 88.2 Å². The van der Waals surface area contributed by atoms with Crippen molar-refractivity contribution in [3.05, 3.63) is 76.0 Å². The summed E-state index contributed by atoms with van der Waals surface area (Å²) in [4.78, 5) is 25.9. The lowest BCUT2D eigenvalue weighted by Crippen LogP contribution is -2.56. The summed E-state index contributed by atoms with van der Waals surface area (Å²) in [6.07, 6.45) is -6.55. The molecule has 2 heterocycles. The SMILES string of the molecule is O=C(/C=C/c1ccc(O)c(O)c1)O[C@@H]1[C@@H](O)[C@H](O)[C@@H](CO)O[C@H]1c1c(O)cc2oc(-c3ccc(O)c(O)c3)cc(=O)c2c1O. The highest BCUT2D eigenvalue weighted by molar-refractivity contribution is 5.89. The van der Waals surface area contributed by atoms with E-state index >= 15 is 0 Å². The first kappa shape index (κ1) is 30.2. The number of aliphatic hydroxyl groups excluding tert-OH is 3. The fourth-order valence-corrected chi connectivity index (χ4v) is 4.84. The smallest absolute Gasteiger partial charge is 0.331 e. The van der Waals surface area contributed by atoms with Gasteiger partial charge in [0, 0.05) is 23.8 Å². The molecule has 3 aromatic carbocycles. The van der Waals surface area contributed by atoms with Gasteiger partial charge in [0.05, 0.1) is 12.2 Å². The van der Waals surface area contributed by atoms with Gasteiger partial charge in [-0.15, -0.1) is 0 Å². The number of esters is 1. The van der Waals surface area contributed by atoms with Crippen LogP contribution in [0.4, 0.5) is 0 Å². The van der Waals surface area contributed by atoms with Crippen molar-refractivity contribution in [2.45, 2.75) is 30.5 Å². The predicted octanol–water partition coefficient (Wildman–Crippen LogP) is 1.47. The molecule has 0 radical (unpaired) electrons. The molecule has 9 N–H and O–H groups in total. The minimum absolute atomic E-state index is 0.0855. The Morgan fingerprint density at radius 1 is 0.841 bits per heavy atom. The number of ether oxygens (including phenoxy) is 2. The number of carbonyl (C=O) groups excluding carboxylic acids is 1. The Balaban J connectivity index is 1.54. The van der Waals surface area contributed by atoms with Crippen LogP contribution in [0.15, 0.2) is 63.8 Å². The minimum Gasteiger partial charge on any atom is -0.507 e. The number of phenols is 6. The summed E-state index contributed by atoms with van der Waals surface area (Å²) in [5, 5.41) is 91.2. The molecule has 0 unspecified atom stereocenters. The molecule has 5 rings (SSSR count). The topological polar surface area (TPSA) is 248 Å². The van der Waals surface area contributed by atoms with Crippen LogP contribution in [0.2, 0.25) is 0 Å². The van der Waals surface area contributed by atoms with Crippen molar-refractivity contribution in [1.82, 2.24) is 0 Å². The predicted molar refractivity (Wildman–Crippen MR) is 150 cm³/mol. The van der Waals surface area contributed by atoms with Crippen LogP contribution >= 0.6 is 0 Å². The maximum Gasteiger partial charge on any atom is 0.331 e. The number of aliphatic hydroxyl groups is 3. The lowest BCUT2D eigenvalue weighted by molar-refractivity contribution is -0.240. The van der Waals surface area contributed by atoms with Crippen LogP contribution in [-0.4, -0.2) is 83.0 Å². The Kier molecular flexibility index (Phi) is 8.08. The molecular weight excluding hydrogens is 584 g/mol. The summed E-state index contributed by atoms with van der Waals surface area (Å²) in [7, 11) is 0. The number of phenolic OH excluding ortho intramolecular Hbond substituents is 6. The standard InChI is InChI=1S/C30H26O14/c31-11-22-26(39)28(41)30(44-23(38)6-2-12-1-4-14(32)16(34)7-12)29(43-22)25-19(37)10-21-24(27(25)40)18(36)9-20(42-21)13-3-5-15(33)17(35)8-13/h1-10,22,26,28-35,37,39-41H,11H2/b6-2+/t22-,26-,28+,29+,30-/m1/s1. The largest absolute Gasteiger partial charge is 0.507 e. The fourth-order valence-electron chi connectivity index (χ4n) is 4.84. The molecule has 230 valence electrons. The van der Waals surface area contributed by atoms with Crippen molar-refractivity contribution in [2.24, 2.45) is 0 Å². The van der Waals surface area contributed by atoms with Gasteiger partial charge < -0.3 is 59.8 Å². The van der Waals surface area contributed by atoms with Gasteiger partial charge in [-0.25, -0.2) is 4.79 Å². The third-order valence-corrected chi connectivity index (χ3v) is 7.09. The molecule has 14 nitrogen and oxygen atoms in total. The van der Waals surface area contributed by atoms with Crippen molar-refractivity contribution < 1.29 is 64.6 Å². The van der Waals surface area contributed by atoms with E-state index in [1.807, 2.05) is 0 Å². The van der Waals surface area contributed by atoms with E-state index in [0.29, 0.717) is 0 Å². The van der Waals surface area contributed by atoms with E-state index in [1.54, 1.807) is 0 Å². The summed E-state index contributed by atoms with van der Waals surface area (Å²) in [6.45, 7) is -0.820. The van der Waals surface area contributed by atoms with Crippen molar-refractivity contribution >= 4 is 23.0 Å². The van der Waals surface area contributed by atoms with Gasteiger partial charge in [0.15, 0.2) is 34.5 Å². The number of benzene rings is 3. The molecule has 0 aliphatic carbocycles. The van der Waals surface area contributed by atoms with Crippen molar-refractivity contribution in [2.75, 3.05) is 6.61 Å². The van der Waals surface area contributed by atoms with Crippen LogP contribution < -0.4 is 5.43 Å². The van der Waals surface area contributed by atoms with Gasteiger partial charge in [-0.2, -0.15) is 0 Å². The first-order chi connectivity index (χ1) is 20.9. The van der Waals surface area contributed by atoms with Crippen molar-refractivity contribution in [1.29, 1.82) is 0 Å². The molecule has 0 spiro atoms. The first-order valence-electron chi connectivity index (χ1n) is 13.0. The van der Waals surface area contributed by atoms with Gasteiger partial charge in [-0.05, 0) is 42.0 Å². The molecule has 1 saturated heterocycles. The summed E-state index contributed by atoms with van der Waals surface area (Å²) in [5.41, 5.74) is -1.16. The normalized spacial score (nSPS) is 21.9. The van der Waals surface area contributed by atoms with Crippen LogP contribution in [0, 0.1) is 0 Å². The Labute approximate surface area is 246 Å². The second-order valence-corrected chi connectivity index (χ2v) is 9.95. The number of aromatic hydroxyl groups is 6. The van der Waals surface area contributed by atoms with Gasteiger partial charge in [-0.3, -0.25) is 4.79 Å². The average molecular weight is 611 g/mol. The van der Waals surface area contributed by atoms with Gasteiger partial charge in [-0.1, -0.05) is 6.07 Å². The van der Waals surface area contributed by atoms with Crippen molar-refractivity contribution in [3.63, 3.8) is 0 Å². The molecule has 0 amide bonds. The lowest BCUT2D eigenvalue weighted by Gasteiger charge is -2.42. The van der Waals surface area contributed by atoms with E-state index in [2.05, 4.69) is 0 Å². The Morgan fingerprint density at radius 3 is 2.18 bits per heavy atom. The zero-order valence-electron chi connectivity index (χ0n) is 22.4. The van der Waals surface area contributed by atoms with Crippen LogP contribution in [0.25, 0.3) is 28.4 Å². The van der Waals surface area contributed by atoms with E-state index in [4.69, 9.17) is 13.9 Å². The Bertz CT molecular complexity index is 1830. The first-order valence-corrected chi connectivity index (χ1v) is 13.0. The van der Waals surface area contributed by atoms with Crippen LogP contribution in [0.3, 0.4) is 0 Å². The van der Waals surface area contributed by atoms with Crippen LogP contribution in [0.5, 0.6) is 34.5 Å². The highest BCUT2D eigenvalue weighted by Gasteiger charge is 2.49. The monoisotopic (exact) mass is 610 g/mol. The summed E-state index contributed by atoms with van der Waals surface area (Å²) in [5.74, 6) is -4.51. The zero-order valence-corrected chi connectivity index (χ0v) is 22.4. The van der Waals surface area contributed by atoms with E-state index in [9.17, 15) is 55.5 Å². The Morgan fingerprint density at radius 2 is 1.52 bits per heavy atom. The minimum atomic E-state index is -1.91. The summed E-state index contributed by atoms with van der Waals surface area (Å²) < 4.78 is 16.7. The second-order valence-electron chi connectivity index (χ2n) is 9.95. The molecule has 14 heteroatoms. The lowest BCUT2D eigenvalue weighted by atomic mass is 9.89. The van der Waals surface area contributed by atoms with Crippen LogP contribution in [-0.2, 0) is 14.3 Å². The molecule has 1 aliphatic rings. The molecule has 0 bridgehead atoms. The zero-order chi connectivity index (χ0) is 31.9. The third kappa shape index (κ3) is 5.57. The van der Waals surface area contributed by atoms with E-state index in [0.717, 1.165) is 36.4 Å². The number of hydrogen-bond acceptors (Lipinski definition) is 14. The number of carbonyl (C=O) groups is 1. The number of rotatable bonds is 6. The van der Waals surface area contributed by atoms with Gasteiger partial charge in [0.1, 0.15) is 52.6 Å².